The third kappa shape index (κ3) is 6.75. The van der Waals surface area contributed by atoms with Gasteiger partial charge in [-0.05, 0) is 68.4 Å². The van der Waals surface area contributed by atoms with Crippen LogP contribution in [0, 0.1) is 12.8 Å². The highest BCUT2D eigenvalue weighted by Crippen LogP contribution is 2.23. The second kappa shape index (κ2) is 10.3. The van der Waals surface area contributed by atoms with Gasteiger partial charge in [0.2, 0.25) is 0 Å². The number of carbonyl (C=O) groups excluding carboxylic acids is 2. The first-order valence-corrected chi connectivity index (χ1v) is 10.4. The molecule has 1 fully saturated rings. The predicted molar refractivity (Wildman–Crippen MR) is 114 cm³/mol. The van der Waals surface area contributed by atoms with E-state index in [0.717, 1.165) is 36.9 Å². The van der Waals surface area contributed by atoms with E-state index in [2.05, 4.69) is 20.9 Å². The predicted octanol–water partition coefficient (Wildman–Crippen LogP) is 3.83. The lowest BCUT2D eigenvalue weighted by molar-refractivity contribution is 0.0937. The summed E-state index contributed by atoms with van der Waals surface area (Å²) in [5, 5.41) is 9.59. The van der Waals surface area contributed by atoms with Crippen LogP contribution in [0.1, 0.15) is 47.4 Å². The van der Waals surface area contributed by atoms with Gasteiger partial charge in [-0.3, -0.25) is 4.79 Å². The molecule has 6 nitrogen and oxygen atoms in total. The lowest BCUT2D eigenvalue weighted by Crippen LogP contribution is -2.44. The zero-order valence-electron chi connectivity index (χ0n) is 16.6. The summed E-state index contributed by atoms with van der Waals surface area (Å²) in [4.78, 5) is 28.6. The van der Waals surface area contributed by atoms with Crippen molar-refractivity contribution in [3.8, 4) is 0 Å². The molecule has 0 radical (unpaired) electrons. The highest BCUT2D eigenvalue weighted by Gasteiger charge is 2.23. The zero-order valence-corrected chi connectivity index (χ0v) is 17.3. The summed E-state index contributed by atoms with van der Waals surface area (Å²) >= 11 is 5.87. The second-order valence-electron chi connectivity index (χ2n) is 7.55. The first-order valence-electron chi connectivity index (χ1n) is 10.0. The van der Waals surface area contributed by atoms with Crippen LogP contribution >= 0.6 is 11.6 Å². The minimum atomic E-state index is -0.151. The van der Waals surface area contributed by atoms with Crippen molar-refractivity contribution in [2.75, 3.05) is 6.54 Å². The van der Waals surface area contributed by atoms with Gasteiger partial charge in [-0.2, -0.15) is 0 Å². The van der Waals surface area contributed by atoms with E-state index < -0.39 is 0 Å². The minimum absolute atomic E-state index is 0.129. The van der Waals surface area contributed by atoms with Crippen molar-refractivity contribution >= 4 is 23.5 Å². The van der Waals surface area contributed by atoms with Crippen molar-refractivity contribution in [1.82, 2.24) is 20.9 Å². The molecule has 154 valence electrons. The van der Waals surface area contributed by atoms with Gasteiger partial charge in [0.1, 0.15) is 5.69 Å². The zero-order chi connectivity index (χ0) is 20.6. The average molecular weight is 415 g/mol. The SMILES string of the molecule is Cc1cccc(C(=O)NCC2CCC(NC(=O)NCc3ccc(Cl)cc3)CC2)n1. The molecule has 3 amide bonds. The van der Waals surface area contributed by atoms with Gasteiger partial charge in [-0.25, -0.2) is 9.78 Å². The summed E-state index contributed by atoms with van der Waals surface area (Å²) in [6, 6.07) is 12.9. The molecule has 0 aliphatic heterocycles. The molecule has 7 heteroatoms. The number of aromatic nitrogens is 1. The van der Waals surface area contributed by atoms with Gasteiger partial charge in [0, 0.05) is 29.8 Å². The molecule has 1 aromatic carbocycles. The quantitative estimate of drug-likeness (QED) is 0.671. The third-order valence-corrected chi connectivity index (χ3v) is 5.47. The Morgan fingerprint density at radius 2 is 1.76 bits per heavy atom. The number of amides is 3. The van der Waals surface area contributed by atoms with Crippen molar-refractivity contribution < 1.29 is 9.59 Å². The molecule has 0 atom stereocenters. The largest absolute Gasteiger partial charge is 0.350 e. The van der Waals surface area contributed by atoms with Gasteiger partial charge in [0.25, 0.3) is 5.91 Å². The minimum Gasteiger partial charge on any atom is -0.350 e. The van der Waals surface area contributed by atoms with Crippen molar-refractivity contribution in [1.29, 1.82) is 0 Å². The van der Waals surface area contributed by atoms with Crippen LogP contribution in [0.3, 0.4) is 0 Å². The highest BCUT2D eigenvalue weighted by molar-refractivity contribution is 6.30. The number of hydrogen-bond donors (Lipinski definition) is 3. The number of pyridine rings is 1. The molecular formula is C22H27ClN4O2. The Balaban J connectivity index is 1.34. The summed E-state index contributed by atoms with van der Waals surface area (Å²) in [7, 11) is 0. The Hall–Kier alpha value is -2.60. The lowest BCUT2D eigenvalue weighted by Gasteiger charge is -2.29. The number of hydrogen-bond acceptors (Lipinski definition) is 3. The van der Waals surface area contributed by atoms with Crippen LogP contribution in [-0.4, -0.2) is 29.5 Å². The van der Waals surface area contributed by atoms with Gasteiger partial charge < -0.3 is 16.0 Å². The molecule has 29 heavy (non-hydrogen) atoms. The summed E-state index contributed by atoms with van der Waals surface area (Å²) in [6.45, 7) is 2.98. The number of urea groups is 1. The van der Waals surface area contributed by atoms with Gasteiger partial charge >= 0.3 is 6.03 Å². The van der Waals surface area contributed by atoms with Gasteiger partial charge in [0.15, 0.2) is 0 Å². The van der Waals surface area contributed by atoms with Crippen molar-refractivity contribution in [2.45, 2.75) is 45.2 Å². The first-order chi connectivity index (χ1) is 14.0. The fraction of sp³-hybridized carbons (Fsp3) is 0.409. The number of carbonyl (C=O) groups is 2. The molecule has 3 N–H and O–H groups in total. The Morgan fingerprint density at radius 1 is 1.03 bits per heavy atom. The van der Waals surface area contributed by atoms with Crippen LogP contribution in [-0.2, 0) is 6.54 Å². The molecule has 0 saturated heterocycles. The summed E-state index contributed by atoms with van der Waals surface area (Å²) in [6.07, 6.45) is 3.78. The van der Waals surface area contributed by atoms with E-state index in [-0.39, 0.29) is 18.0 Å². The third-order valence-electron chi connectivity index (χ3n) is 5.22. The Bertz CT molecular complexity index is 833. The summed E-state index contributed by atoms with van der Waals surface area (Å²) in [5.41, 5.74) is 2.29. The molecule has 1 aromatic heterocycles. The molecule has 0 unspecified atom stereocenters. The lowest BCUT2D eigenvalue weighted by atomic mass is 9.86. The van der Waals surface area contributed by atoms with E-state index in [1.54, 1.807) is 6.07 Å². The van der Waals surface area contributed by atoms with Crippen LogP contribution < -0.4 is 16.0 Å². The van der Waals surface area contributed by atoms with E-state index in [4.69, 9.17) is 11.6 Å². The van der Waals surface area contributed by atoms with Crippen LogP contribution in [0.25, 0.3) is 0 Å². The molecule has 1 heterocycles. The van der Waals surface area contributed by atoms with E-state index in [1.165, 1.54) is 0 Å². The van der Waals surface area contributed by atoms with Crippen molar-refractivity contribution in [2.24, 2.45) is 5.92 Å². The number of nitrogens with one attached hydrogen (secondary N) is 3. The number of aryl methyl sites for hydroxylation is 1. The molecule has 0 bridgehead atoms. The molecule has 1 aliphatic rings. The van der Waals surface area contributed by atoms with Crippen molar-refractivity contribution in [3.05, 3.63) is 64.4 Å². The standard InChI is InChI=1S/C22H27ClN4O2/c1-15-3-2-4-20(26-15)21(28)24-13-17-7-11-19(12-8-17)27-22(29)25-14-16-5-9-18(23)10-6-16/h2-6,9-10,17,19H,7-8,11-14H2,1H3,(H,24,28)(H2,25,27,29). The van der Waals surface area contributed by atoms with E-state index in [9.17, 15) is 9.59 Å². The summed E-state index contributed by atoms with van der Waals surface area (Å²) in [5.74, 6) is 0.300. The number of rotatable bonds is 6. The Labute approximate surface area is 176 Å². The molecular weight excluding hydrogens is 388 g/mol. The Morgan fingerprint density at radius 3 is 2.45 bits per heavy atom. The van der Waals surface area contributed by atoms with Gasteiger partial charge in [-0.1, -0.05) is 29.8 Å². The summed E-state index contributed by atoms with van der Waals surface area (Å²) < 4.78 is 0. The maximum Gasteiger partial charge on any atom is 0.315 e. The van der Waals surface area contributed by atoms with Crippen LogP contribution in [0.15, 0.2) is 42.5 Å². The maximum atomic E-state index is 12.2. The van der Waals surface area contributed by atoms with Crippen LogP contribution in [0.2, 0.25) is 5.02 Å². The van der Waals surface area contributed by atoms with E-state index >= 15 is 0 Å². The first kappa shape index (κ1) is 21.1. The number of nitrogens with zero attached hydrogens (tertiary/aromatic N) is 1. The average Bonchev–Trinajstić information content (AvgIpc) is 2.72. The number of benzene rings is 1. The molecule has 0 spiro atoms. The molecule has 2 aromatic rings. The monoisotopic (exact) mass is 414 g/mol. The smallest absolute Gasteiger partial charge is 0.315 e. The van der Waals surface area contributed by atoms with Gasteiger partial charge in [0.05, 0.1) is 0 Å². The second-order valence-corrected chi connectivity index (χ2v) is 7.98. The number of halogens is 1. The van der Waals surface area contributed by atoms with E-state index in [0.29, 0.717) is 29.7 Å². The highest BCUT2D eigenvalue weighted by atomic mass is 35.5. The van der Waals surface area contributed by atoms with Crippen LogP contribution in [0.4, 0.5) is 4.79 Å². The van der Waals surface area contributed by atoms with Crippen LogP contribution in [0.5, 0.6) is 0 Å². The molecule has 1 aliphatic carbocycles. The Kier molecular flexibility index (Phi) is 7.47. The normalized spacial score (nSPS) is 18.7. The maximum absolute atomic E-state index is 12.2. The fourth-order valence-corrected chi connectivity index (χ4v) is 3.66. The van der Waals surface area contributed by atoms with Gasteiger partial charge in [-0.15, -0.1) is 0 Å². The molecule has 3 rings (SSSR count). The van der Waals surface area contributed by atoms with Crippen molar-refractivity contribution in [3.63, 3.8) is 0 Å². The fourth-order valence-electron chi connectivity index (χ4n) is 3.53. The topological polar surface area (TPSA) is 83.1 Å². The van der Waals surface area contributed by atoms with E-state index in [1.807, 2.05) is 43.3 Å². The molecule has 1 saturated carbocycles.